The Labute approximate surface area is 122 Å². The third kappa shape index (κ3) is 2.68. The predicted octanol–water partition coefficient (Wildman–Crippen LogP) is 1.44. The summed E-state index contributed by atoms with van der Waals surface area (Å²) in [6, 6.07) is 0. The number of nitrogens with one attached hydrogen (secondary N) is 1. The van der Waals surface area contributed by atoms with E-state index in [-0.39, 0.29) is 17.2 Å². The molecule has 0 atom stereocenters. The minimum atomic E-state index is -0.355. The first-order chi connectivity index (χ1) is 9.95. The molecule has 0 saturated heterocycles. The van der Waals surface area contributed by atoms with Crippen LogP contribution in [0.4, 0.5) is 0 Å². The summed E-state index contributed by atoms with van der Waals surface area (Å²) in [6.07, 6.45) is 3.93. The Balaban J connectivity index is 1.65. The van der Waals surface area contributed by atoms with E-state index >= 15 is 0 Å². The van der Waals surface area contributed by atoms with E-state index in [1.807, 2.05) is 27.0 Å². The zero-order valence-electron chi connectivity index (χ0n) is 12.5. The Morgan fingerprint density at radius 3 is 2.95 bits per heavy atom. The number of carbonyl (C=O) groups is 1. The maximum atomic E-state index is 12.0. The molecule has 0 fully saturated rings. The monoisotopic (exact) mass is 289 g/mol. The highest BCUT2D eigenvalue weighted by molar-refractivity contribution is 5.89. The molecule has 1 N–H and O–H groups in total. The van der Waals surface area contributed by atoms with Crippen molar-refractivity contribution < 1.29 is 9.21 Å². The summed E-state index contributed by atoms with van der Waals surface area (Å²) < 4.78 is 7.56. The van der Waals surface area contributed by atoms with Crippen LogP contribution in [0, 0.1) is 0 Å². The van der Waals surface area contributed by atoms with E-state index in [2.05, 4.69) is 25.1 Å². The third-order valence-corrected chi connectivity index (χ3v) is 3.49. The van der Waals surface area contributed by atoms with E-state index in [0.717, 1.165) is 30.9 Å². The molecular formula is C14H19N5O2. The van der Waals surface area contributed by atoms with Crippen LogP contribution < -0.4 is 5.32 Å². The summed E-state index contributed by atoms with van der Waals surface area (Å²) in [5.74, 6) is 1.19. The molecule has 1 amide bonds. The van der Waals surface area contributed by atoms with Crippen LogP contribution >= 0.6 is 0 Å². The highest BCUT2D eigenvalue weighted by Crippen LogP contribution is 2.20. The van der Waals surface area contributed by atoms with Gasteiger partial charge >= 0.3 is 11.8 Å². The predicted molar refractivity (Wildman–Crippen MR) is 74.7 cm³/mol. The first-order valence-corrected chi connectivity index (χ1v) is 7.10. The van der Waals surface area contributed by atoms with Gasteiger partial charge in [-0.2, -0.15) is 0 Å². The summed E-state index contributed by atoms with van der Waals surface area (Å²) in [7, 11) is 0. The first-order valence-electron chi connectivity index (χ1n) is 7.10. The first kappa shape index (κ1) is 13.8. The van der Waals surface area contributed by atoms with Crippen molar-refractivity contribution in [2.45, 2.75) is 52.1 Å². The fraction of sp³-hybridized carbons (Fsp3) is 0.571. The molecule has 3 heterocycles. The quantitative estimate of drug-likeness (QED) is 0.924. The largest absolute Gasteiger partial charge is 0.416 e. The molecule has 0 spiro atoms. The van der Waals surface area contributed by atoms with Gasteiger partial charge in [0.25, 0.3) is 0 Å². The van der Waals surface area contributed by atoms with Gasteiger partial charge in [0.15, 0.2) is 0 Å². The number of carbonyl (C=O) groups excluding carboxylic acids is 1. The van der Waals surface area contributed by atoms with Gasteiger partial charge < -0.3 is 14.3 Å². The maximum absolute atomic E-state index is 12.0. The number of fused-ring (bicyclic) bond motifs is 1. The lowest BCUT2D eigenvalue weighted by molar-refractivity contribution is 0.0912. The molecule has 7 heteroatoms. The van der Waals surface area contributed by atoms with Crippen LogP contribution in [0.1, 0.15) is 55.3 Å². The number of nitrogens with zero attached hydrogens (tertiary/aromatic N) is 4. The molecule has 0 bridgehead atoms. The molecule has 1 aliphatic heterocycles. The molecule has 0 aromatic carbocycles. The Kier molecular flexibility index (Phi) is 3.27. The number of aryl methyl sites for hydroxylation is 1. The second-order valence-electron chi connectivity index (χ2n) is 6.27. The van der Waals surface area contributed by atoms with E-state index in [9.17, 15) is 4.79 Å². The van der Waals surface area contributed by atoms with Gasteiger partial charge in [0, 0.05) is 18.4 Å². The van der Waals surface area contributed by atoms with Gasteiger partial charge in [0.1, 0.15) is 5.82 Å². The van der Waals surface area contributed by atoms with Crippen LogP contribution in [0.5, 0.6) is 0 Å². The number of hydrogen-bond donors (Lipinski definition) is 1. The van der Waals surface area contributed by atoms with Gasteiger partial charge in [-0.05, 0) is 6.42 Å². The van der Waals surface area contributed by atoms with Crippen molar-refractivity contribution in [2.75, 3.05) is 0 Å². The van der Waals surface area contributed by atoms with Crippen molar-refractivity contribution in [1.82, 2.24) is 25.1 Å². The zero-order chi connectivity index (χ0) is 15.0. The fourth-order valence-electron chi connectivity index (χ4n) is 2.33. The number of hydrogen-bond acceptors (Lipinski definition) is 5. The van der Waals surface area contributed by atoms with Crippen LogP contribution in [0.15, 0.2) is 10.6 Å². The average Bonchev–Trinajstić information content (AvgIpc) is 3.11. The van der Waals surface area contributed by atoms with E-state index in [1.165, 1.54) is 0 Å². The van der Waals surface area contributed by atoms with E-state index < -0.39 is 0 Å². The van der Waals surface area contributed by atoms with Crippen LogP contribution in [0.2, 0.25) is 0 Å². The molecule has 0 unspecified atom stereocenters. The number of aromatic nitrogens is 4. The number of rotatable bonds is 3. The van der Waals surface area contributed by atoms with Crippen LogP contribution in [-0.2, 0) is 24.9 Å². The maximum Gasteiger partial charge on any atom is 0.309 e. The van der Waals surface area contributed by atoms with Gasteiger partial charge in [0.05, 0.1) is 18.4 Å². The fourth-order valence-corrected chi connectivity index (χ4v) is 2.33. The third-order valence-electron chi connectivity index (χ3n) is 3.49. The van der Waals surface area contributed by atoms with Gasteiger partial charge in [-0.25, -0.2) is 4.98 Å². The normalized spacial score (nSPS) is 14.2. The van der Waals surface area contributed by atoms with Crippen molar-refractivity contribution >= 4 is 5.91 Å². The second-order valence-corrected chi connectivity index (χ2v) is 6.27. The molecular weight excluding hydrogens is 270 g/mol. The van der Waals surface area contributed by atoms with Crippen LogP contribution in [0.3, 0.4) is 0 Å². The summed E-state index contributed by atoms with van der Waals surface area (Å²) in [6.45, 7) is 7.25. The smallest absolute Gasteiger partial charge is 0.309 e. The molecule has 2 aromatic heterocycles. The minimum Gasteiger partial charge on any atom is -0.416 e. The van der Waals surface area contributed by atoms with Crippen LogP contribution in [0.25, 0.3) is 0 Å². The lowest BCUT2D eigenvalue weighted by Crippen LogP contribution is -2.24. The molecule has 0 aliphatic carbocycles. The van der Waals surface area contributed by atoms with E-state index in [4.69, 9.17) is 4.42 Å². The summed E-state index contributed by atoms with van der Waals surface area (Å²) in [5, 5.41) is 10.5. The standard InChI is InChI=1S/C14H19N5O2/c1-14(2,3)13-18-17-12(21-13)11(20)16-8-9-7-15-10-5-4-6-19(9)10/h7H,4-6,8H2,1-3H3,(H,16,20). The summed E-state index contributed by atoms with van der Waals surface area (Å²) in [5.41, 5.74) is 0.740. The van der Waals surface area contributed by atoms with E-state index in [1.54, 1.807) is 0 Å². The van der Waals surface area contributed by atoms with Crippen molar-refractivity contribution in [3.63, 3.8) is 0 Å². The highest BCUT2D eigenvalue weighted by Gasteiger charge is 2.24. The van der Waals surface area contributed by atoms with Gasteiger partial charge in [-0.15, -0.1) is 10.2 Å². The Morgan fingerprint density at radius 1 is 1.43 bits per heavy atom. The topological polar surface area (TPSA) is 85.8 Å². The number of imidazole rings is 1. The second kappa shape index (κ2) is 4.98. The van der Waals surface area contributed by atoms with Gasteiger partial charge in [-0.1, -0.05) is 20.8 Å². The van der Waals surface area contributed by atoms with Gasteiger partial charge in [-0.3, -0.25) is 4.79 Å². The molecule has 21 heavy (non-hydrogen) atoms. The molecule has 2 aromatic rings. The van der Waals surface area contributed by atoms with Crippen molar-refractivity contribution in [1.29, 1.82) is 0 Å². The molecule has 0 saturated carbocycles. The Morgan fingerprint density at radius 2 is 2.24 bits per heavy atom. The van der Waals surface area contributed by atoms with Crippen molar-refractivity contribution in [3.8, 4) is 0 Å². The number of amides is 1. The minimum absolute atomic E-state index is 0.00101. The van der Waals surface area contributed by atoms with Crippen molar-refractivity contribution in [2.24, 2.45) is 0 Å². The van der Waals surface area contributed by atoms with Crippen LogP contribution in [-0.4, -0.2) is 25.7 Å². The lowest BCUT2D eigenvalue weighted by atomic mass is 9.97. The molecule has 112 valence electrons. The Hall–Kier alpha value is -2.18. The van der Waals surface area contributed by atoms with Gasteiger partial charge in [0.2, 0.25) is 5.89 Å². The van der Waals surface area contributed by atoms with E-state index in [0.29, 0.717) is 12.4 Å². The lowest BCUT2D eigenvalue weighted by Gasteiger charge is -2.10. The highest BCUT2D eigenvalue weighted by atomic mass is 16.4. The zero-order valence-corrected chi connectivity index (χ0v) is 12.5. The average molecular weight is 289 g/mol. The van der Waals surface area contributed by atoms with Crippen molar-refractivity contribution in [3.05, 3.63) is 29.5 Å². The molecule has 0 radical (unpaired) electrons. The summed E-state index contributed by atoms with van der Waals surface area (Å²) in [4.78, 5) is 16.4. The Bertz CT molecular complexity index is 665. The molecule has 3 rings (SSSR count). The SMILES string of the molecule is CC(C)(C)c1nnc(C(=O)NCc2cnc3n2CCC3)o1. The molecule has 7 nitrogen and oxygen atoms in total. The summed E-state index contributed by atoms with van der Waals surface area (Å²) >= 11 is 0. The molecule has 1 aliphatic rings.